The van der Waals surface area contributed by atoms with Crippen LogP contribution in [0.2, 0.25) is 5.02 Å². The molecule has 0 fully saturated rings. The monoisotopic (exact) mass is 402 g/mol. The van der Waals surface area contributed by atoms with Crippen molar-refractivity contribution < 1.29 is 19.5 Å². The Kier molecular flexibility index (Phi) is 6.83. The van der Waals surface area contributed by atoms with E-state index in [4.69, 9.17) is 22.1 Å². The number of ether oxygens (including phenoxy) is 1. The molecule has 0 aliphatic rings. The molecule has 28 heavy (non-hydrogen) atoms. The molecule has 1 heterocycles. The molecule has 3 aromatic rings. The van der Waals surface area contributed by atoms with Crippen molar-refractivity contribution >= 4 is 23.3 Å². The van der Waals surface area contributed by atoms with Crippen molar-refractivity contribution in [3.8, 4) is 5.75 Å². The fraction of sp³-hybridized carbons (Fsp3) is 0.211. The van der Waals surface area contributed by atoms with Gasteiger partial charge in [0.2, 0.25) is 11.5 Å². The summed E-state index contributed by atoms with van der Waals surface area (Å²) in [6.07, 6.45) is 0. The van der Waals surface area contributed by atoms with E-state index in [1.807, 2.05) is 48.5 Å². The summed E-state index contributed by atoms with van der Waals surface area (Å²) in [7, 11) is 0. The highest BCUT2D eigenvalue weighted by atomic mass is 35.5. The summed E-state index contributed by atoms with van der Waals surface area (Å²) < 4.78 is 10.4. The minimum Gasteiger partial charge on any atom is -0.488 e. The van der Waals surface area contributed by atoms with Crippen molar-refractivity contribution in [3.05, 3.63) is 70.4 Å². The van der Waals surface area contributed by atoms with E-state index < -0.39 is 5.91 Å². The van der Waals surface area contributed by atoms with Gasteiger partial charge >= 0.3 is 0 Å². The van der Waals surface area contributed by atoms with Crippen LogP contribution in [0.3, 0.4) is 0 Å². The number of anilines is 1. The minimum absolute atomic E-state index is 0.000875. The summed E-state index contributed by atoms with van der Waals surface area (Å²) in [5.74, 6) is 0.409. The zero-order chi connectivity index (χ0) is 19.8. The van der Waals surface area contributed by atoms with Gasteiger partial charge in [0.15, 0.2) is 0 Å². The van der Waals surface area contributed by atoms with Crippen molar-refractivity contribution in [2.75, 3.05) is 18.8 Å². The smallest absolute Gasteiger partial charge is 0.277 e. The number of halogens is 1. The lowest BCUT2D eigenvalue weighted by atomic mass is 10.2. The summed E-state index contributed by atoms with van der Waals surface area (Å²) in [4.78, 5) is 11.9. The van der Waals surface area contributed by atoms with E-state index in [-0.39, 0.29) is 11.5 Å². The molecule has 9 heteroatoms. The molecule has 0 saturated heterocycles. The molecule has 2 aromatic carbocycles. The van der Waals surface area contributed by atoms with Gasteiger partial charge in [-0.2, -0.15) is 0 Å². The minimum atomic E-state index is -0.404. The summed E-state index contributed by atoms with van der Waals surface area (Å²) in [5.41, 5.74) is 7.61. The maximum atomic E-state index is 11.9. The van der Waals surface area contributed by atoms with Gasteiger partial charge in [0.1, 0.15) is 18.9 Å². The van der Waals surface area contributed by atoms with Gasteiger partial charge in [0, 0.05) is 10.6 Å². The van der Waals surface area contributed by atoms with E-state index >= 15 is 0 Å². The van der Waals surface area contributed by atoms with Gasteiger partial charge < -0.3 is 21.1 Å². The lowest BCUT2D eigenvalue weighted by molar-refractivity contribution is -0.668. The van der Waals surface area contributed by atoms with Crippen molar-refractivity contribution in [3.63, 3.8) is 0 Å². The Morgan fingerprint density at radius 3 is 2.71 bits per heavy atom. The predicted octanol–water partition coefficient (Wildman–Crippen LogP) is 1.38. The number of nitrogen functional groups attached to an aromatic ring is 1. The molecule has 5 N–H and O–H groups in total. The average molecular weight is 403 g/mol. The SMILES string of the molecule is Nc1nonc1C(=O)NCC[NH2+]Cc1ccccc1OCc1ccc(Cl)cc1. The highest BCUT2D eigenvalue weighted by molar-refractivity contribution is 6.30. The lowest BCUT2D eigenvalue weighted by Crippen LogP contribution is -2.84. The van der Waals surface area contributed by atoms with Crippen LogP contribution in [0.4, 0.5) is 5.82 Å². The molecular formula is C19H21ClN5O3+. The second-order valence-electron chi connectivity index (χ2n) is 6.06. The van der Waals surface area contributed by atoms with Gasteiger partial charge in [-0.05, 0) is 40.1 Å². The van der Waals surface area contributed by atoms with Crippen LogP contribution in [-0.2, 0) is 13.2 Å². The van der Waals surface area contributed by atoms with Gasteiger partial charge in [0.05, 0.1) is 13.1 Å². The number of benzene rings is 2. The van der Waals surface area contributed by atoms with Gasteiger partial charge in [-0.1, -0.05) is 35.9 Å². The van der Waals surface area contributed by atoms with Crippen molar-refractivity contribution in [1.29, 1.82) is 0 Å². The Balaban J connectivity index is 1.44. The topological polar surface area (TPSA) is 120 Å². The van der Waals surface area contributed by atoms with Crippen LogP contribution in [0.1, 0.15) is 21.6 Å². The number of hydrogen-bond acceptors (Lipinski definition) is 6. The van der Waals surface area contributed by atoms with Gasteiger partial charge in [0.25, 0.3) is 5.91 Å². The highest BCUT2D eigenvalue weighted by Gasteiger charge is 2.15. The molecule has 0 atom stereocenters. The standard InChI is InChI=1S/C19H20ClN5O3/c20-15-7-5-13(6-8-15)12-27-16-4-2-1-3-14(16)11-22-9-10-23-19(26)17-18(21)25-28-24-17/h1-8,22H,9-12H2,(H2,21,25)(H,23,26)/p+1. The second-order valence-corrected chi connectivity index (χ2v) is 6.49. The molecule has 0 saturated carbocycles. The molecule has 1 aromatic heterocycles. The predicted molar refractivity (Wildman–Crippen MR) is 104 cm³/mol. The van der Waals surface area contributed by atoms with E-state index in [2.05, 4.69) is 25.6 Å². The third-order valence-electron chi connectivity index (χ3n) is 4.01. The maximum Gasteiger partial charge on any atom is 0.277 e. The van der Waals surface area contributed by atoms with Gasteiger partial charge in [-0.3, -0.25) is 4.79 Å². The number of nitrogens with two attached hydrogens (primary N) is 2. The quantitative estimate of drug-likeness (QED) is 0.465. The molecule has 8 nitrogen and oxygen atoms in total. The Bertz CT molecular complexity index is 914. The van der Waals surface area contributed by atoms with Crippen molar-refractivity contribution in [2.24, 2.45) is 0 Å². The number of quaternary nitrogens is 1. The average Bonchev–Trinajstić information content (AvgIpc) is 3.14. The number of nitrogens with one attached hydrogen (secondary N) is 1. The van der Waals surface area contributed by atoms with Crippen LogP contribution < -0.4 is 21.1 Å². The molecule has 0 bridgehead atoms. The number of amides is 1. The summed E-state index contributed by atoms with van der Waals surface area (Å²) in [5, 5.41) is 12.3. The first-order valence-electron chi connectivity index (χ1n) is 8.76. The Hall–Kier alpha value is -3.10. The summed E-state index contributed by atoms with van der Waals surface area (Å²) in [6.45, 7) is 2.33. The van der Waals surface area contributed by atoms with Crippen molar-refractivity contribution in [2.45, 2.75) is 13.2 Å². The number of para-hydroxylation sites is 1. The third kappa shape index (κ3) is 5.45. The number of nitrogens with zero attached hydrogens (tertiary/aromatic N) is 2. The van der Waals surface area contributed by atoms with Crippen LogP contribution in [0.15, 0.2) is 53.2 Å². The van der Waals surface area contributed by atoms with E-state index in [9.17, 15) is 4.79 Å². The first-order valence-corrected chi connectivity index (χ1v) is 9.14. The zero-order valence-electron chi connectivity index (χ0n) is 15.1. The van der Waals surface area contributed by atoms with E-state index in [1.165, 1.54) is 0 Å². The fourth-order valence-electron chi connectivity index (χ4n) is 2.54. The number of hydrogen-bond donors (Lipinski definition) is 3. The van der Waals surface area contributed by atoms with Crippen LogP contribution in [0.25, 0.3) is 0 Å². The molecule has 1 amide bonds. The summed E-state index contributed by atoms with van der Waals surface area (Å²) in [6, 6.07) is 15.5. The summed E-state index contributed by atoms with van der Waals surface area (Å²) >= 11 is 5.90. The second kappa shape index (κ2) is 9.72. The number of aromatic nitrogens is 2. The number of rotatable bonds is 9. The van der Waals surface area contributed by atoms with Crippen LogP contribution in [-0.4, -0.2) is 29.3 Å². The Morgan fingerprint density at radius 1 is 1.18 bits per heavy atom. The maximum absolute atomic E-state index is 11.9. The molecule has 0 aliphatic heterocycles. The van der Waals surface area contributed by atoms with E-state index in [1.54, 1.807) is 0 Å². The Labute approximate surface area is 167 Å². The molecular weight excluding hydrogens is 382 g/mol. The largest absolute Gasteiger partial charge is 0.488 e. The van der Waals surface area contributed by atoms with Crippen LogP contribution in [0.5, 0.6) is 5.75 Å². The molecule has 0 aliphatic carbocycles. The molecule has 0 unspecified atom stereocenters. The molecule has 146 valence electrons. The first-order chi connectivity index (χ1) is 13.6. The molecule has 0 spiro atoms. The highest BCUT2D eigenvalue weighted by Crippen LogP contribution is 2.19. The van der Waals surface area contributed by atoms with Crippen LogP contribution >= 0.6 is 11.6 Å². The van der Waals surface area contributed by atoms with E-state index in [0.717, 1.165) is 23.4 Å². The zero-order valence-corrected chi connectivity index (χ0v) is 15.9. The number of carbonyl (C=O) groups excluding carboxylic acids is 1. The van der Waals surface area contributed by atoms with Gasteiger partial charge in [-0.15, -0.1) is 0 Å². The fourth-order valence-corrected chi connectivity index (χ4v) is 2.66. The Morgan fingerprint density at radius 2 is 1.96 bits per heavy atom. The van der Waals surface area contributed by atoms with Gasteiger partial charge in [-0.25, -0.2) is 4.63 Å². The first kappa shape index (κ1) is 19.7. The van der Waals surface area contributed by atoms with E-state index in [0.29, 0.717) is 24.7 Å². The molecule has 3 rings (SSSR count). The normalized spacial score (nSPS) is 10.6. The van der Waals surface area contributed by atoms with Crippen molar-refractivity contribution in [1.82, 2.24) is 15.6 Å². The number of carbonyl (C=O) groups is 1. The lowest BCUT2D eigenvalue weighted by Gasteiger charge is -2.11. The third-order valence-corrected chi connectivity index (χ3v) is 4.26. The van der Waals surface area contributed by atoms with Crippen LogP contribution in [0, 0.1) is 0 Å². The molecule has 0 radical (unpaired) electrons.